The van der Waals surface area contributed by atoms with E-state index in [2.05, 4.69) is 15.4 Å². The molecule has 3 aromatic rings. The lowest BCUT2D eigenvalue weighted by molar-refractivity contribution is 0.0907. The van der Waals surface area contributed by atoms with Crippen LogP contribution in [0.25, 0.3) is 16.9 Å². The van der Waals surface area contributed by atoms with E-state index in [9.17, 15) is 13.6 Å². The van der Waals surface area contributed by atoms with Crippen LogP contribution in [0.15, 0.2) is 36.5 Å². The van der Waals surface area contributed by atoms with Gasteiger partial charge in [0.1, 0.15) is 17.0 Å². The number of aromatic nitrogens is 3. The first-order valence-electron chi connectivity index (χ1n) is 8.55. The zero-order valence-electron chi connectivity index (χ0n) is 15.6. The summed E-state index contributed by atoms with van der Waals surface area (Å²) in [6.07, 6.45) is -1.55. The Morgan fingerprint density at radius 2 is 1.96 bits per heavy atom. The van der Waals surface area contributed by atoms with Crippen LogP contribution in [-0.4, -0.2) is 47.4 Å². The van der Waals surface area contributed by atoms with Crippen molar-refractivity contribution in [3.05, 3.63) is 47.8 Å². The quantitative estimate of drug-likeness (QED) is 0.671. The van der Waals surface area contributed by atoms with Crippen LogP contribution < -0.4 is 10.1 Å². The van der Waals surface area contributed by atoms with Gasteiger partial charge in [0.25, 0.3) is 12.3 Å². The SMILES string of the molecule is COC[C@H](C)NC(=O)c1cnn2c(C(F)F)cc(-c3ccc(OC)cc3)nc12. The van der Waals surface area contributed by atoms with Gasteiger partial charge in [-0.05, 0) is 37.3 Å². The first-order valence-corrected chi connectivity index (χ1v) is 8.55. The molecule has 3 rings (SSSR count). The molecule has 0 radical (unpaired) electrons. The number of carbonyl (C=O) groups is 1. The lowest BCUT2D eigenvalue weighted by atomic mass is 10.1. The maximum atomic E-state index is 13.6. The Kier molecular flexibility index (Phi) is 5.84. The molecule has 2 heterocycles. The largest absolute Gasteiger partial charge is 0.497 e. The summed E-state index contributed by atoms with van der Waals surface area (Å²) in [4.78, 5) is 17.0. The number of fused-ring (bicyclic) bond motifs is 1. The number of nitrogens with zero attached hydrogens (tertiary/aromatic N) is 3. The topological polar surface area (TPSA) is 77.8 Å². The van der Waals surface area contributed by atoms with Crippen molar-refractivity contribution in [3.63, 3.8) is 0 Å². The van der Waals surface area contributed by atoms with Crippen LogP contribution in [0.3, 0.4) is 0 Å². The van der Waals surface area contributed by atoms with Gasteiger partial charge in [-0.15, -0.1) is 0 Å². The molecule has 0 fully saturated rings. The van der Waals surface area contributed by atoms with E-state index in [1.165, 1.54) is 26.5 Å². The van der Waals surface area contributed by atoms with Gasteiger partial charge in [0.15, 0.2) is 5.65 Å². The van der Waals surface area contributed by atoms with Crippen LogP contribution in [0.4, 0.5) is 8.78 Å². The molecule has 1 amide bonds. The first-order chi connectivity index (χ1) is 13.4. The van der Waals surface area contributed by atoms with Gasteiger partial charge in [0.2, 0.25) is 0 Å². The Morgan fingerprint density at radius 3 is 2.57 bits per heavy atom. The summed E-state index contributed by atoms with van der Waals surface area (Å²) < 4.78 is 38.3. The van der Waals surface area contributed by atoms with E-state index in [-0.39, 0.29) is 22.9 Å². The molecule has 1 aromatic carbocycles. The molecule has 0 spiro atoms. The van der Waals surface area contributed by atoms with Crippen molar-refractivity contribution in [1.29, 1.82) is 0 Å². The predicted molar refractivity (Wildman–Crippen MR) is 98.7 cm³/mol. The maximum absolute atomic E-state index is 13.6. The van der Waals surface area contributed by atoms with Crippen molar-refractivity contribution in [2.75, 3.05) is 20.8 Å². The molecule has 148 valence electrons. The Balaban J connectivity index is 2.07. The summed E-state index contributed by atoms with van der Waals surface area (Å²) in [5.74, 6) is 0.176. The summed E-state index contributed by atoms with van der Waals surface area (Å²) in [5, 5.41) is 6.68. The van der Waals surface area contributed by atoms with Crippen molar-refractivity contribution < 1.29 is 23.0 Å². The average Bonchev–Trinajstić information content (AvgIpc) is 3.11. The normalized spacial score (nSPS) is 12.4. The summed E-state index contributed by atoms with van der Waals surface area (Å²) in [7, 11) is 3.06. The van der Waals surface area contributed by atoms with Crippen LogP contribution in [-0.2, 0) is 4.74 Å². The minimum absolute atomic E-state index is 0.0609. The van der Waals surface area contributed by atoms with Crippen molar-refractivity contribution in [1.82, 2.24) is 19.9 Å². The minimum atomic E-state index is -2.79. The van der Waals surface area contributed by atoms with Crippen LogP contribution in [0.1, 0.15) is 29.4 Å². The number of methoxy groups -OCH3 is 2. The lowest BCUT2D eigenvalue weighted by Gasteiger charge is -2.12. The third-order valence-corrected chi connectivity index (χ3v) is 4.15. The van der Waals surface area contributed by atoms with Crippen molar-refractivity contribution in [2.45, 2.75) is 19.4 Å². The molecule has 0 saturated heterocycles. The number of ether oxygens (including phenoxy) is 2. The molecule has 0 aliphatic heterocycles. The van der Waals surface area contributed by atoms with Gasteiger partial charge in [0.05, 0.1) is 25.6 Å². The number of halogens is 2. The van der Waals surface area contributed by atoms with E-state index in [4.69, 9.17) is 9.47 Å². The number of carbonyl (C=O) groups excluding carboxylic acids is 1. The highest BCUT2D eigenvalue weighted by molar-refractivity contribution is 6.00. The van der Waals surface area contributed by atoms with Gasteiger partial charge in [0, 0.05) is 18.7 Å². The summed E-state index contributed by atoms with van der Waals surface area (Å²) in [6, 6.07) is 7.85. The molecule has 0 aliphatic rings. The second kappa shape index (κ2) is 8.30. The number of benzene rings is 1. The Hall–Kier alpha value is -3.07. The second-order valence-electron chi connectivity index (χ2n) is 6.22. The van der Waals surface area contributed by atoms with E-state index >= 15 is 0 Å². The summed E-state index contributed by atoms with van der Waals surface area (Å²) in [6.45, 7) is 2.09. The maximum Gasteiger partial charge on any atom is 0.280 e. The van der Waals surface area contributed by atoms with Crippen LogP contribution >= 0.6 is 0 Å². The van der Waals surface area contributed by atoms with E-state index in [1.54, 1.807) is 31.2 Å². The van der Waals surface area contributed by atoms with Crippen molar-refractivity contribution >= 4 is 11.6 Å². The second-order valence-corrected chi connectivity index (χ2v) is 6.22. The smallest absolute Gasteiger partial charge is 0.280 e. The van der Waals surface area contributed by atoms with Gasteiger partial charge >= 0.3 is 0 Å². The van der Waals surface area contributed by atoms with Gasteiger partial charge in [-0.3, -0.25) is 4.79 Å². The molecule has 0 unspecified atom stereocenters. The molecule has 0 bridgehead atoms. The van der Waals surface area contributed by atoms with E-state index in [1.807, 2.05) is 0 Å². The van der Waals surface area contributed by atoms with Gasteiger partial charge < -0.3 is 14.8 Å². The fourth-order valence-electron chi connectivity index (χ4n) is 2.80. The van der Waals surface area contributed by atoms with Crippen LogP contribution in [0.5, 0.6) is 5.75 Å². The molecule has 0 aliphatic carbocycles. The number of hydrogen-bond acceptors (Lipinski definition) is 5. The third kappa shape index (κ3) is 3.94. The molecule has 9 heteroatoms. The molecular formula is C19H20F2N4O3. The van der Waals surface area contributed by atoms with Gasteiger partial charge in [-0.25, -0.2) is 18.3 Å². The summed E-state index contributed by atoms with van der Waals surface area (Å²) in [5.41, 5.74) is 0.751. The highest BCUT2D eigenvalue weighted by atomic mass is 19.3. The third-order valence-electron chi connectivity index (χ3n) is 4.15. The molecule has 2 aromatic heterocycles. The number of rotatable bonds is 7. The molecule has 1 N–H and O–H groups in total. The van der Waals surface area contributed by atoms with E-state index in [0.29, 0.717) is 23.6 Å². The predicted octanol–water partition coefficient (Wildman–Crippen LogP) is 3.11. The van der Waals surface area contributed by atoms with Crippen LogP contribution in [0.2, 0.25) is 0 Å². The number of amides is 1. The Morgan fingerprint density at radius 1 is 1.25 bits per heavy atom. The van der Waals surface area contributed by atoms with Gasteiger partial charge in [-0.2, -0.15) is 5.10 Å². The summed E-state index contributed by atoms with van der Waals surface area (Å²) >= 11 is 0. The molecule has 28 heavy (non-hydrogen) atoms. The highest BCUT2D eigenvalue weighted by Crippen LogP contribution is 2.27. The average molecular weight is 390 g/mol. The van der Waals surface area contributed by atoms with E-state index < -0.39 is 12.3 Å². The monoisotopic (exact) mass is 390 g/mol. The number of hydrogen-bond donors (Lipinski definition) is 1. The van der Waals surface area contributed by atoms with Crippen molar-refractivity contribution in [2.24, 2.45) is 0 Å². The number of alkyl halides is 2. The standard InChI is InChI=1S/C19H20F2N4O3/c1-11(10-27-2)23-19(26)14-9-22-25-16(17(20)21)8-15(24-18(14)25)12-4-6-13(28-3)7-5-12/h4-9,11,17H,10H2,1-3H3,(H,23,26)/t11-/m0/s1. The molecule has 0 saturated carbocycles. The van der Waals surface area contributed by atoms with Crippen molar-refractivity contribution in [3.8, 4) is 17.0 Å². The molecule has 7 nitrogen and oxygen atoms in total. The fourth-order valence-corrected chi connectivity index (χ4v) is 2.80. The molecule has 1 atom stereocenters. The fraction of sp³-hybridized carbons (Fsp3) is 0.316. The Labute approximate surface area is 160 Å². The Bertz CT molecular complexity index is 973. The number of nitrogens with one attached hydrogen (secondary N) is 1. The zero-order chi connectivity index (χ0) is 20.3. The zero-order valence-corrected chi connectivity index (χ0v) is 15.6. The molecular weight excluding hydrogens is 370 g/mol. The lowest BCUT2D eigenvalue weighted by Crippen LogP contribution is -2.35. The highest BCUT2D eigenvalue weighted by Gasteiger charge is 2.22. The van der Waals surface area contributed by atoms with Gasteiger partial charge in [-0.1, -0.05) is 0 Å². The van der Waals surface area contributed by atoms with Crippen LogP contribution in [0, 0.1) is 0 Å². The minimum Gasteiger partial charge on any atom is -0.497 e. The first kappa shape index (κ1) is 19.7. The van der Waals surface area contributed by atoms with E-state index in [0.717, 1.165) is 4.52 Å².